The largest absolute Gasteiger partial charge is 0.357 e. The van der Waals surface area contributed by atoms with E-state index in [1.54, 1.807) is 7.05 Å². The number of fused-ring (bicyclic) bond motifs is 1. The smallest absolute Gasteiger partial charge is 0.224 e. The van der Waals surface area contributed by atoms with Gasteiger partial charge in [-0.15, -0.1) is 0 Å². The van der Waals surface area contributed by atoms with Crippen molar-refractivity contribution in [3.05, 3.63) is 12.0 Å². The van der Waals surface area contributed by atoms with Crippen LogP contribution in [0.3, 0.4) is 0 Å². The average Bonchev–Trinajstić information content (AvgIpc) is 2.47. The number of piperidine rings is 1. The number of hydrogen-bond donors (Lipinski definition) is 1. The highest BCUT2D eigenvalue weighted by Gasteiger charge is 2.32. The van der Waals surface area contributed by atoms with Gasteiger partial charge in [0.2, 0.25) is 5.95 Å². The van der Waals surface area contributed by atoms with E-state index in [0.717, 1.165) is 24.9 Å². The molecule has 1 N–H and O–H groups in total. The van der Waals surface area contributed by atoms with E-state index >= 15 is 0 Å². The summed E-state index contributed by atoms with van der Waals surface area (Å²) in [6.07, 6.45) is 7.76. The van der Waals surface area contributed by atoms with Gasteiger partial charge in [0.25, 0.3) is 0 Å². The van der Waals surface area contributed by atoms with E-state index < -0.39 is 0 Å². The summed E-state index contributed by atoms with van der Waals surface area (Å²) in [6.45, 7) is 1.86. The lowest BCUT2D eigenvalue weighted by atomic mass is 9.75. The Balaban J connectivity index is 1.79. The van der Waals surface area contributed by atoms with Crippen LogP contribution in [0.1, 0.15) is 32.1 Å². The maximum absolute atomic E-state index is 13.9. The number of rotatable bonds is 2. The second-order valence-electron chi connectivity index (χ2n) is 5.65. The van der Waals surface area contributed by atoms with Gasteiger partial charge in [0, 0.05) is 20.1 Å². The van der Waals surface area contributed by atoms with E-state index in [9.17, 15) is 4.39 Å². The molecule has 1 saturated carbocycles. The van der Waals surface area contributed by atoms with E-state index in [2.05, 4.69) is 20.2 Å². The van der Waals surface area contributed by atoms with Crippen molar-refractivity contribution in [2.24, 2.45) is 11.8 Å². The molecule has 5 heteroatoms. The SMILES string of the molecule is CNc1ncc(F)c(N2CCC3CCCCC3C2)n1. The molecule has 0 aromatic carbocycles. The molecule has 2 heterocycles. The fraction of sp³-hybridized carbons (Fsp3) is 0.714. The van der Waals surface area contributed by atoms with E-state index in [-0.39, 0.29) is 5.82 Å². The number of aromatic nitrogens is 2. The Kier molecular flexibility index (Phi) is 3.53. The molecule has 2 unspecified atom stereocenters. The standard InChI is InChI=1S/C14H21FN4/c1-16-14-17-8-12(15)13(18-14)19-7-6-10-4-2-3-5-11(10)9-19/h8,10-11H,2-7,9H2,1H3,(H,16,17,18). The van der Waals surface area contributed by atoms with Gasteiger partial charge in [-0.25, -0.2) is 9.37 Å². The molecule has 0 amide bonds. The van der Waals surface area contributed by atoms with Crippen molar-refractivity contribution in [3.63, 3.8) is 0 Å². The summed E-state index contributed by atoms with van der Waals surface area (Å²) >= 11 is 0. The number of nitrogens with zero attached hydrogens (tertiary/aromatic N) is 3. The van der Waals surface area contributed by atoms with Gasteiger partial charge in [0.1, 0.15) is 0 Å². The molecule has 4 nitrogen and oxygen atoms in total. The van der Waals surface area contributed by atoms with E-state index in [1.165, 1.54) is 38.3 Å². The van der Waals surface area contributed by atoms with Crippen LogP contribution in [0.5, 0.6) is 0 Å². The van der Waals surface area contributed by atoms with E-state index in [0.29, 0.717) is 11.8 Å². The summed E-state index contributed by atoms with van der Waals surface area (Å²) in [4.78, 5) is 10.3. The fourth-order valence-corrected chi connectivity index (χ4v) is 3.49. The minimum absolute atomic E-state index is 0.312. The molecular weight excluding hydrogens is 243 g/mol. The molecule has 3 rings (SSSR count). The molecular formula is C14H21FN4. The molecule has 1 aromatic rings. The highest BCUT2D eigenvalue weighted by atomic mass is 19.1. The van der Waals surface area contributed by atoms with Crippen molar-refractivity contribution in [1.82, 2.24) is 9.97 Å². The van der Waals surface area contributed by atoms with Crippen molar-refractivity contribution in [1.29, 1.82) is 0 Å². The number of hydrogen-bond acceptors (Lipinski definition) is 4. The third kappa shape index (κ3) is 2.51. The monoisotopic (exact) mass is 264 g/mol. The first-order valence-corrected chi connectivity index (χ1v) is 7.23. The molecule has 0 spiro atoms. The second kappa shape index (κ2) is 5.31. The Labute approximate surface area is 113 Å². The highest BCUT2D eigenvalue weighted by Crippen LogP contribution is 2.37. The van der Waals surface area contributed by atoms with Crippen LogP contribution in [0.15, 0.2) is 6.20 Å². The van der Waals surface area contributed by atoms with Gasteiger partial charge in [0.05, 0.1) is 6.20 Å². The normalized spacial score (nSPS) is 26.9. The lowest BCUT2D eigenvalue weighted by Crippen LogP contribution is -2.42. The molecule has 0 radical (unpaired) electrons. The summed E-state index contributed by atoms with van der Waals surface area (Å²) in [6, 6.07) is 0. The zero-order valence-electron chi connectivity index (χ0n) is 11.4. The first kappa shape index (κ1) is 12.6. The predicted octanol–water partition coefficient (Wildman–Crippen LogP) is 2.67. The minimum Gasteiger partial charge on any atom is -0.357 e. The number of halogens is 1. The van der Waals surface area contributed by atoms with Crippen LogP contribution in [0.25, 0.3) is 0 Å². The minimum atomic E-state index is -0.312. The summed E-state index contributed by atoms with van der Waals surface area (Å²) in [7, 11) is 1.75. The molecule has 2 fully saturated rings. The van der Waals surface area contributed by atoms with Crippen LogP contribution in [-0.2, 0) is 0 Å². The van der Waals surface area contributed by atoms with Crippen molar-refractivity contribution >= 4 is 11.8 Å². The Morgan fingerprint density at radius 2 is 2.05 bits per heavy atom. The predicted molar refractivity (Wildman–Crippen MR) is 73.8 cm³/mol. The van der Waals surface area contributed by atoms with Crippen molar-refractivity contribution in [2.75, 3.05) is 30.4 Å². The quantitative estimate of drug-likeness (QED) is 0.891. The summed E-state index contributed by atoms with van der Waals surface area (Å²) in [5.74, 6) is 2.20. The van der Waals surface area contributed by atoms with Crippen LogP contribution in [0, 0.1) is 17.7 Å². The Morgan fingerprint density at radius 3 is 2.84 bits per heavy atom. The number of anilines is 2. The van der Waals surface area contributed by atoms with Gasteiger partial charge in [-0.2, -0.15) is 4.98 Å². The molecule has 1 aromatic heterocycles. The van der Waals surface area contributed by atoms with Crippen LogP contribution in [0.2, 0.25) is 0 Å². The van der Waals surface area contributed by atoms with Gasteiger partial charge < -0.3 is 10.2 Å². The van der Waals surface area contributed by atoms with Gasteiger partial charge in [0.15, 0.2) is 11.6 Å². The molecule has 0 bridgehead atoms. The van der Waals surface area contributed by atoms with E-state index in [1.807, 2.05) is 0 Å². The van der Waals surface area contributed by atoms with Gasteiger partial charge in [-0.05, 0) is 24.7 Å². The first-order chi connectivity index (χ1) is 9.28. The second-order valence-corrected chi connectivity index (χ2v) is 5.65. The molecule has 104 valence electrons. The highest BCUT2D eigenvalue weighted by molar-refractivity contribution is 5.44. The van der Waals surface area contributed by atoms with Crippen LogP contribution < -0.4 is 10.2 Å². The van der Waals surface area contributed by atoms with Crippen molar-refractivity contribution < 1.29 is 4.39 Å². The fourth-order valence-electron chi connectivity index (χ4n) is 3.49. The topological polar surface area (TPSA) is 41.1 Å². The van der Waals surface area contributed by atoms with Crippen LogP contribution in [0.4, 0.5) is 16.2 Å². The Morgan fingerprint density at radius 1 is 1.26 bits per heavy atom. The maximum atomic E-state index is 13.9. The first-order valence-electron chi connectivity index (χ1n) is 7.23. The third-order valence-electron chi connectivity index (χ3n) is 4.54. The van der Waals surface area contributed by atoms with Crippen molar-refractivity contribution in [2.45, 2.75) is 32.1 Å². The molecule has 1 aliphatic heterocycles. The maximum Gasteiger partial charge on any atom is 0.224 e. The molecule has 1 saturated heterocycles. The molecule has 1 aliphatic carbocycles. The lowest BCUT2D eigenvalue weighted by molar-refractivity contribution is 0.201. The van der Waals surface area contributed by atoms with Gasteiger partial charge >= 0.3 is 0 Å². The third-order valence-corrected chi connectivity index (χ3v) is 4.54. The van der Waals surface area contributed by atoms with Crippen LogP contribution in [-0.4, -0.2) is 30.1 Å². The average molecular weight is 264 g/mol. The molecule has 19 heavy (non-hydrogen) atoms. The molecule has 2 atom stereocenters. The summed E-state index contributed by atoms with van der Waals surface area (Å²) < 4.78 is 13.9. The van der Waals surface area contributed by atoms with Gasteiger partial charge in [-0.3, -0.25) is 0 Å². The van der Waals surface area contributed by atoms with Crippen LogP contribution >= 0.6 is 0 Å². The summed E-state index contributed by atoms with van der Waals surface area (Å²) in [5.41, 5.74) is 0. The zero-order valence-corrected chi connectivity index (χ0v) is 11.4. The Hall–Kier alpha value is -1.39. The van der Waals surface area contributed by atoms with Gasteiger partial charge in [-0.1, -0.05) is 19.3 Å². The number of nitrogens with one attached hydrogen (secondary N) is 1. The summed E-state index contributed by atoms with van der Waals surface area (Å²) in [5, 5.41) is 2.87. The Bertz CT molecular complexity index is 451. The zero-order chi connectivity index (χ0) is 13.2. The molecule has 2 aliphatic rings. The van der Waals surface area contributed by atoms with E-state index in [4.69, 9.17) is 0 Å². The van der Waals surface area contributed by atoms with Crippen molar-refractivity contribution in [3.8, 4) is 0 Å². The lowest BCUT2D eigenvalue weighted by Gasteiger charge is -2.41.